The van der Waals surface area contributed by atoms with Gasteiger partial charge >= 0.3 is 10.0 Å². The van der Waals surface area contributed by atoms with Gasteiger partial charge in [0.15, 0.2) is 0 Å². The van der Waals surface area contributed by atoms with Crippen molar-refractivity contribution in [1.82, 2.24) is 9.36 Å². The van der Waals surface area contributed by atoms with Crippen molar-refractivity contribution < 1.29 is 8.42 Å². The molecule has 0 aliphatic heterocycles. The highest BCUT2D eigenvalue weighted by molar-refractivity contribution is 7.92. The van der Waals surface area contributed by atoms with Gasteiger partial charge in [0.25, 0.3) is 5.16 Å². The third kappa shape index (κ3) is 1.91. The van der Waals surface area contributed by atoms with Crippen LogP contribution in [-0.2, 0) is 10.0 Å². The molecule has 0 aliphatic carbocycles. The predicted molar refractivity (Wildman–Crippen MR) is 61.9 cm³/mol. The van der Waals surface area contributed by atoms with E-state index in [-0.39, 0.29) is 5.16 Å². The predicted octanol–water partition coefficient (Wildman–Crippen LogP) is 1.36. The summed E-state index contributed by atoms with van der Waals surface area (Å²) in [4.78, 5) is 3.71. The second kappa shape index (κ2) is 4.18. The molecular formula is C9H9N3O2S2. The molecule has 1 aromatic heterocycles. The average molecular weight is 255 g/mol. The Bertz CT molecular complexity index is 552. The molecule has 5 nitrogen and oxygen atoms in total. The molecule has 2 rings (SSSR count). The first-order chi connectivity index (χ1) is 7.62. The van der Waals surface area contributed by atoms with E-state index >= 15 is 0 Å². The van der Waals surface area contributed by atoms with Crippen LogP contribution in [0.3, 0.4) is 0 Å². The number of anilines is 1. The van der Waals surface area contributed by atoms with Gasteiger partial charge in [0.2, 0.25) is 0 Å². The van der Waals surface area contributed by atoms with E-state index in [1.807, 2.05) is 6.07 Å². The number of rotatable bonds is 3. The highest BCUT2D eigenvalue weighted by Crippen LogP contribution is 2.19. The fourth-order valence-electron chi connectivity index (χ4n) is 1.17. The van der Waals surface area contributed by atoms with Crippen LogP contribution in [0.1, 0.15) is 0 Å². The number of hydrogen-bond donors (Lipinski definition) is 0. The Labute approximate surface area is 97.6 Å². The number of aromatic nitrogens is 2. The maximum Gasteiger partial charge on any atom is 0.300 e. The van der Waals surface area contributed by atoms with Crippen molar-refractivity contribution in [3.8, 4) is 0 Å². The molecule has 0 spiro atoms. The van der Waals surface area contributed by atoms with E-state index < -0.39 is 10.0 Å². The molecular weight excluding hydrogens is 246 g/mol. The minimum Gasteiger partial charge on any atom is -0.267 e. The number of para-hydroxylation sites is 1. The Hall–Kier alpha value is -1.47. The van der Waals surface area contributed by atoms with Crippen LogP contribution in [-0.4, -0.2) is 24.8 Å². The molecule has 1 heterocycles. The zero-order chi connectivity index (χ0) is 11.6. The van der Waals surface area contributed by atoms with E-state index in [4.69, 9.17) is 0 Å². The lowest BCUT2D eigenvalue weighted by Gasteiger charge is -2.16. The Morgan fingerprint density at radius 1 is 1.25 bits per heavy atom. The lowest BCUT2D eigenvalue weighted by atomic mass is 10.3. The molecule has 0 saturated carbocycles. The summed E-state index contributed by atoms with van der Waals surface area (Å²) in [6.07, 6.45) is 0. The molecule has 0 aliphatic rings. The Balaban J connectivity index is 2.40. The van der Waals surface area contributed by atoms with Crippen LogP contribution in [0.2, 0.25) is 0 Å². The SMILES string of the molecule is CN(c1ccccc1)S(=O)(=O)c1ncsn1. The van der Waals surface area contributed by atoms with Gasteiger partial charge in [-0.05, 0) is 23.7 Å². The van der Waals surface area contributed by atoms with Gasteiger partial charge in [0.1, 0.15) is 5.51 Å². The lowest BCUT2D eigenvalue weighted by molar-refractivity contribution is 0.587. The van der Waals surface area contributed by atoms with Crippen LogP contribution >= 0.6 is 11.5 Å². The van der Waals surface area contributed by atoms with Crippen molar-refractivity contribution in [2.45, 2.75) is 5.16 Å². The van der Waals surface area contributed by atoms with Gasteiger partial charge in [0, 0.05) is 7.05 Å². The fourth-order valence-corrected chi connectivity index (χ4v) is 2.91. The molecule has 16 heavy (non-hydrogen) atoms. The van der Waals surface area contributed by atoms with Crippen molar-refractivity contribution in [3.05, 3.63) is 35.8 Å². The molecule has 0 fully saturated rings. The summed E-state index contributed by atoms with van der Waals surface area (Å²) in [5, 5.41) is -0.163. The Kier molecular flexibility index (Phi) is 2.88. The lowest BCUT2D eigenvalue weighted by Crippen LogP contribution is -2.27. The van der Waals surface area contributed by atoms with Crippen LogP contribution in [0.5, 0.6) is 0 Å². The summed E-state index contributed by atoms with van der Waals surface area (Å²) in [5.74, 6) is 0. The van der Waals surface area contributed by atoms with Crippen LogP contribution in [0.15, 0.2) is 41.0 Å². The van der Waals surface area contributed by atoms with Gasteiger partial charge in [-0.2, -0.15) is 12.8 Å². The molecule has 2 aromatic rings. The van der Waals surface area contributed by atoms with E-state index in [0.717, 1.165) is 15.8 Å². The topological polar surface area (TPSA) is 63.2 Å². The minimum atomic E-state index is -3.63. The number of nitrogens with zero attached hydrogens (tertiary/aromatic N) is 3. The molecule has 0 radical (unpaired) electrons. The molecule has 0 saturated heterocycles. The van der Waals surface area contributed by atoms with Gasteiger partial charge in [-0.1, -0.05) is 18.2 Å². The summed E-state index contributed by atoms with van der Waals surface area (Å²) >= 11 is 1.01. The summed E-state index contributed by atoms with van der Waals surface area (Å²) in [5.41, 5.74) is 1.98. The molecule has 0 atom stereocenters. The highest BCUT2D eigenvalue weighted by Gasteiger charge is 2.24. The van der Waals surface area contributed by atoms with E-state index in [0.29, 0.717) is 5.69 Å². The molecule has 0 bridgehead atoms. The van der Waals surface area contributed by atoms with E-state index in [9.17, 15) is 8.42 Å². The fraction of sp³-hybridized carbons (Fsp3) is 0.111. The summed E-state index contributed by atoms with van der Waals surface area (Å²) in [6.45, 7) is 0. The van der Waals surface area contributed by atoms with Gasteiger partial charge < -0.3 is 0 Å². The van der Waals surface area contributed by atoms with Gasteiger partial charge in [-0.3, -0.25) is 4.31 Å². The van der Waals surface area contributed by atoms with Crippen LogP contribution < -0.4 is 4.31 Å². The number of sulfonamides is 1. The van der Waals surface area contributed by atoms with Crippen molar-refractivity contribution in [3.63, 3.8) is 0 Å². The smallest absolute Gasteiger partial charge is 0.267 e. The van der Waals surface area contributed by atoms with Gasteiger partial charge in [-0.15, -0.1) is 0 Å². The van der Waals surface area contributed by atoms with Crippen molar-refractivity contribution >= 4 is 27.2 Å². The second-order valence-electron chi connectivity index (χ2n) is 3.02. The second-order valence-corrected chi connectivity index (χ2v) is 5.49. The van der Waals surface area contributed by atoms with Crippen molar-refractivity contribution in [2.75, 3.05) is 11.4 Å². The maximum absolute atomic E-state index is 12.0. The first kappa shape index (κ1) is 11.0. The third-order valence-corrected chi connectivity index (χ3v) is 4.24. The summed E-state index contributed by atoms with van der Waals surface area (Å²) in [6, 6.07) is 8.80. The minimum absolute atomic E-state index is 0.163. The van der Waals surface area contributed by atoms with Crippen molar-refractivity contribution in [2.24, 2.45) is 0 Å². The molecule has 0 amide bonds. The van der Waals surface area contributed by atoms with Crippen LogP contribution in [0.25, 0.3) is 0 Å². The monoisotopic (exact) mass is 255 g/mol. The summed E-state index contributed by atoms with van der Waals surface area (Å²) < 4.78 is 28.9. The quantitative estimate of drug-likeness (QED) is 0.830. The molecule has 1 aromatic carbocycles. The Morgan fingerprint density at radius 3 is 2.50 bits per heavy atom. The zero-order valence-electron chi connectivity index (χ0n) is 8.44. The molecule has 7 heteroatoms. The van der Waals surface area contributed by atoms with Gasteiger partial charge in [-0.25, -0.2) is 4.98 Å². The van der Waals surface area contributed by atoms with E-state index in [2.05, 4.69) is 9.36 Å². The first-order valence-electron chi connectivity index (χ1n) is 4.43. The third-order valence-electron chi connectivity index (χ3n) is 2.05. The summed E-state index contributed by atoms with van der Waals surface area (Å²) in [7, 11) is -2.15. The first-order valence-corrected chi connectivity index (χ1v) is 6.70. The standard InChI is InChI=1S/C9H9N3O2S2/c1-12(8-5-3-2-4-6-8)16(13,14)9-10-7-15-11-9/h2-7H,1H3. The van der Waals surface area contributed by atoms with Crippen molar-refractivity contribution in [1.29, 1.82) is 0 Å². The van der Waals surface area contributed by atoms with E-state index in [1.54, 1.807) is 24.3 Å². The van der Waals surface area contributed by atoms with Crippen LogP contribution in [0, 0.1) is 0 Å². The largest absolute Gasteiger partial charge is 0.300 e. The Morgan fingerprint density at radius 2 is 1.94 bits per heavy atom. The molecule has 84 valence electrons. The molecule has 0 unspecified atom stereocenters. The number of hydrogen-bond acceptors (Lipinski definition) is 5. The van der Waals surface area contributed by atoms with Gasteiger partial charge in [0.05, 0.1) is 5.69 Å². The van der Waals surface area contributed by atoms with E-state index in [1.165, 1.54) is 12.6 Å². The molecule has 0 N–H and O–H groups in total. The maximum atomic E-state index is 12.0. The number of benzene rings is 1. The normalized spacial score (nSPS) is 11.3. The zero-order valence-corrected chi connectivity index (χ0v) is 10.1. The van der Waals surface area contributed by atoms with Crippen LogP contribution in [0.4, 0.5) is 5.69 Å². The highest BCUT2D eigenvalue weighted by atomic mass is 32.2. The average Bonchev–Trinajstić information content (AvgIpc) is 2.83.